The van der Waals surface area contributed by atoms with Crippen LogP contribution in [0.3, 0.4) is 0 Å². The Morgan fingerprint density at radius 1 is 1.20 bits per heavy atom. The van der Waals surface area contributed by atoms with Gasteiger partial charge in [0.05, 0.1) is 0 Å². The summed E-state index contributed by atoms with van der Waals surface area (Å²) in [6.07, 6.45) is 6.71. The summed E-state index contributed by atoms with van der Waals surface area (Å²) in [5.74, 6) is 0.924. The number of para-hydroxylation sites is 1. The number of fused-ring (bicyclic) bond motifs is 1. The van der Waals surface area contributed by atoms with Crippen LogP contribution in [0, 0.1) is 5.92 Å². The van der Waals surface area contributed by atoms with Crippen molar-refractivity contribution in [1.29, 1.82) is 0 Å². The first-order valence-electron chi connectivity index (χ1n) is 8.34. The number of hydrogen-bond acceptors (Lipinski definition) is 2. The van der Waals surface area contributed by atoms with Gasteiger partial charge in [0, 0.05) is 30.9 Å². The van der Waals surface area contributed by atoms with E-state index in [2.05, 4.69) is 48.3 Å². The summed E-state index contributed by atoms with van der Waals surface area (Å²) in [6.45, 7) is 8.08. The van der Waals surface area contributed by atoms with E-state index in [1.54, 1.807) is 0 Å². The zero-order chi connectivity index (χ0) is 14.0. The summed E-state index contributed by atoms with van der Waals surface area (Å²) in [5.41, 5.74) is 3.22. The van der Waals surface area contributed by atoms with Gasteiger partial charge >= 0.3 is 0 Å². The van der Waals surface area contributed by atoms with Crippen molar-refractivity contribution in [2.24, 2.45) is 5.92 Å². The van der Waals surface area contributed by atoms with Crippen molar-refractivity contribution < 1.29 is 0 Å². The molecular formula is C18H28N2. The highest BCUT2D eigenvalue weighted by atomic mass is 15.2. The van der Waals surface area contributed by atoms with Gasteiger partial charge in [0.15, 0.2) is 0 Å². The van der Waals surface area contributed by atoms with Gasteiger partial charge in [-0.1, -0.05) is 38.5 Å². The van der Waals surface area contributed by atoms with Crippen molar-refractivity contribution in [2.45, 2.75) is 58.0 Å². The highest BCUT2D eigenvalue weighted by Gasteiger charge is 2.33. The summed E-state index contributed by atoms with van der Waals surface area (Å²) >= 11 is 0. The third-order valence-electron chi connectivity index (χ3n) is 5.54. The van der Waals surface area contributed by atoms with Gasteiger partial charge in [0.2, 0.25) is 0 Å². The van der Waals surface area contributed by atoms with Crippen molar-refractivity contribution in [1.82, 2.24) is 5.32 Å². The first-order valence-corrected chi connectivity index (χ1v) is 8.34. The SMILES string of the molecule is CCC1(CC)CN(CC2CCC2)c2ccccc2CN1. The molecule has 0 atom stereocenters. The second-order valence-corrected chi connectivity index (χ2v) is 6.65. The van der Waals surface area contributed by atoms with Gasteiger partial charge in [-0.05, 0) is 43.2 Å². The lowest BCUT2D eigenvalue weighted by molar-refractivity contribution is 0.280. The molecule has 0 saturated heterocycles. The Balaban J connectivity index is 1.88. The molecule has 1 saturated carbocycles. The van der Waals surface area contributed by atoms with Gasteiger partial charge < -0.3 is 10.2 Å². The molecule has 1 aromatic carbocycles. The lowest BCUT2D eigenvalue weighted by Gasteiger charge is -2.39. The first-order chi connectivity index (χ1) is 9.76. The van der Waals surface area contributed by atoms with Crippen molar-refractivity contribution in [3.8, 4) is 0 Å². The Labute approximate surface area is 123 Å². The fraction of sp³-hybridized carbons (Fsp3) is 0.667. The molecule has 0 bridgehead atoms. The molecule has 1 aromatic rings. The molecule has 2 heteroatoms. The van der Waals surface area contributed by atoms with Crippen molar-refractivity contribution in [3.05, 3.63) is 29.8 Å². The van der Waals surface area contributed by atoms with Crippen LogP contribution in [0.2, 0.25) is 0 Å². The van der Waals surface area contributed by atoms with Crippen LogP contribution in [0.5, 0.6) is 0 Å². The second-order valence-electron chi connectivity index (χ2n) is 6.65. The molecular weight excluding hydrogens is 244 g/mol. The molecule has 1 aliphatic carbocycles. The van der Waals surface area contributed by atoms with Gasteiger partial charge in [-0.3, -0.25) is 0 Å². The summed E-state index contributed by atoms with van der Waals surface area (Å²) in [4.78, 5) is 2.67. The molecule has 0 spiro atoms. The average molecular weight is 272 g/mol. The van der Waals surface area contributed by atoms with Gasteiger partial charge in [-0.2, -0.15) is 0 Å². The predicted octanol–water partition coefficient (Wildman–Crippen LogP) is 3.96. The number of rotatable bonds is 4. The third-order valence-corrected chi connectivity index (χ3v) is 5.54. The standard InChI is InChI=1S/C18H28N2/c1-3-18(4-2)14-20(13-15-8-7-9-15)17-11-6-5-10-16(17)12-19-18/h5-6,10-11,15,19H,3-4,7-9,12-14H2,1-2H3. The van der Waals surface area contributed by atoms with Gasteiger partial charge in [-0.15, -0.1) is 0 Å². The second kappa shape index (κ2) is 5.77. The smallest absolute Gasteiger partial charge is 0.0412 e. The molecule has 3 rings (SSSR count). The Hall–Kier alpha value is -1.02. The molecule has 2 nitrogen and oxygen atoms in total. The van der Waals surface area contributed by atoms with Crippen molar-refractivity contribution in [2.75, 3.05) is 18.0 Å². The molecule has 1 heterocycles. The van der Waals surface area contributed by atoms with Crippen molar-refractivity contribution >= 4 is 5.69 Å². The fourth-order valence-electron chi connectivity index (χ4n) is 3.63. The van der Waals surface area contributed by atoms with E-state index in [0.29, 0.717) is 0 Å². The van der Waals surface area contributed by atoms with Crippen LogP contribution in [0.1, 0.15) is 51.5 Å². The molecule has 1 fully saturated rings. The van der Waals surface area contributed by atoms with Gasteiger partial charge in [0.25, 0.3) is 0 Å². The zero-order valence-electron chi connectivity index (χ0n) is 13.0. The number of hydrogen-bond donors (Lipinski definition) is 1. The van der Waals surface area contributed by atoms with Crippen molar-refractivity contribution in [3.63, 3.8) is 0 Å². The van der Waals surface area contributed by atoms with E-state index in [1.165, 1.54) is 49.9 Å². The van der Waals surface area contributed by atoms with Crippen LogP contribution >= 0.6 is 0 Å². The molecule has 0 amide bonds. The number of anilines is 1. The summed E-state index contributed by atoms with van der Waals surface area (Å²) in [5, 5.41) is 3.85. The molecule has 2 aliphatic rings. The zero-order valence-corrected chi connectivity index (χ0v) is 13.0. The number of nitrogens with one attached hydrogen (secondary N) is 1. The minimum atomic E-state index is 0.281. The van der Waals surface area contributed by atoms with Crippen LogP contribution in [-0.2, 0) is 6.54 Å². The monoisotopic (exact) mass is 272 g/mol. The van der Waals surface area contributed by atoms with Crippen LogP contribution in [-0.4, -0.2) is 18.6 Å². The van der Waals surface area contributed by atoms with E-state index < -0.39 is 0 Å². The Morgan fingerprint density at radius 2 is 1.95 bits per heavy atom. The van der Waals surface area contributed by atoms with Crippen LogP contribution in [0.25, 0.3) is 0 Å². The average Bonchev–Trinajstić information content (AvgIpc) is 2.61. The molecule has 0 aromatic heterocycles. The lowest BCUT2D eigenvalue weighted by Crippen LogP contribution is -2.52. The van der Waals surface area contributed by atoms with E-state index in [9.17, 15) is 0 Å². The largest absolute Gasteiger partial charge is 0.369 e. The van der Waals surface area contributed by atoms with Crippen LogP contribution < -0.4 is 10.2 Å². The Kier molecular flexibility index (Phi) is 4.02. The highest BCUT2D eigenvalue weighted by Crippen LogP contribution is 2.34. The van der Waals surface area contributed by atoms with Gasteiger partial charge in [-0.25, -0.2) is 0 Å². The molecule has 0 radical (unpaired) electrons. The third kappa shape index (κ3) is 2.58. The molecule has 0 unspecified atom stereocenters. The first kappa shape index (κ1) is 13.9. The maximum atomic E-state index is 3.85. The number of benzene rings is 1. The van der Waals surface area contributed by atoms with Gasteiger partial charge in [0.1, 0.15) is 0 Å². The lowest BCUT2D eigenvalue weighted by atomic mass is 9.84. The number of nitrogens with zero attached hydrogens (tertiary/aromatic N) is 1. The Morgan fingerprint density at radius 3 is 2.60 bits per heavy atom. The minimum absolute atomic E-state index is 0.281. The maximum absolute atomic E-state index is 3.85. The molecule has 1 aliphatic heterocycles. The van der Waals surface area contributed by atoms with E-state index in [1.807, 2.05) is 0 Å². The summed E-state index contributed by atoms with van der Waals surface area (Å²) in [7, 11) is 0. The molecule has 20 heavy (non-hydrogen) atoms. The van der Waals surface area contributed by atoms with E-state index in [-0.39, 0.29) is 5.54 Å². The quantitative estimate of drug-likeness (QED) is 0.892. The van der Waals surface area contributed by atoms with Crippen LogP contribution in [0.15, 0.2) is 24.3 Å². The summed E-state index contributed by atoms with van der Waals surface area (Å²) in [6, 6.07) is 8.97. The highest BCUT2D eigenvalue weighted by molar-refractivity contribution is 5.55. The normalized spacial score (nSPS) is 22.0. The summed E-state index contributed by atoms with van der Waals surface area (Å²) < 4.78 is 0. The predicted molar refractivity (Wildman–Crippen MR) is 86.1 cm³/mol. The van der Waals surface area contributed by atoms with E-state index in [4.69, 9.17) is 0 Å². The minimum Gasteiger partial charge on any atom is -0.369 e. The van der Waals surface area contributed by atoms with Crippen LogP contribution in [0.4, 0.5) is 5.69 Å². The van der Waals surface area contributed by atoms with E-state index in [0.717, 1.165) is 19.0 Å². The topological polar surface area (TPSA) is 15.3 Å². The molecule has 110 valence electrons. The van der Waals surface area contributed by atoms with E-state index >= 15 is 0 Å². The fourth-order valence-corrected chi connectivity index (χ4v) is 3.63. The maximum Gasteiger partial charge on any atom is 0.0412 e. The Bertz CT molecular complexity index is 446. The molecule has 1 N–H and O–H groups in total.